The molecule has 1 aliphatic heterocycles. The zero-order chi connectivity index (χ0) is 20.9. The highest BCUT2D eigenvalue weighted by molar-refractivity contribution is 5.92. The standard InChI is InChI=1S/C22H28FN3O3/c1-5-15-10-19(28)17-11-18(23)21(22(29-4)20(17)26(15)16-6-7-16)24-8-9-25(14(3)27)13(2)12-24/h10-11,13,16H,5-9,12H2,1-4H3. The van der Waals surface area contributed by atoms with Crippen LogP contribution in [0, 0.1) is 5.82 Å². The topological polar surface area (TPSA) is 54.8 Å². The summed E-state index contributed by atoms with van der Waals surface area (Å²) in [5, 5.41) is 0.364. The van der Waals surface area contributed by atoms with Crippen molar-refractivity contribution in [1.29, 1.82) is 0 Å². The summed E-state index contributed by atoms with van der Waals surface area (Å²) in [6.45, 7) is 7.11. The van der Waals surface area contributed by atoms with Gasteiger partial charge in [-0.2, -0.15) is 0 Å². The summed E-state index contributed by atoms with van der Waals surface area (Å²) in [7, 11) is 1.54. The molecular weight excluding hydrogens is 373 g/mol. The maximum Gasteiger partial charge on any atom is 0.219 e. The molecule has 1 unspecified atom stereocenters. The zero-order valence-electron chi connectivity index (χ0n) is 17.5. The van der Waals surface area contributed by atoms with Crippen LogP contribution in [0.1, 0.15) is 45.3 Å². The number of piperazine rings is 1. The van der Waals surface area contributed by atoms with Crippen molar-refractivity contribution in [2.24, 2.45) is 0 Å². The van der Waals surface area contributed by atoms with Gasteiger partial charge in [0.15, 0.2) is 17.0 Å². The second kappa shape index (κ2) is 7.35. The summed E-state index contributed by atoms with van der Waals surface area (Å²) < 4.78 is 23.2. The van der Waals surface area contributed by atoms with E-state index in [1.54, 1.807) is 17.9 Å². The Kier molecular flexibility index (Phi) is 5.00. The molecule has 1 amide bonds. The first-order valence-corrected chi connectivity index (χ1v) is 10.3. The first-order chi connectivity index (χ1) is 13.9. The summed E-state index contributed by atoms with van der Waals surface area (Å²) in [4.78, 5) is 28.3. The molecule has 1 aromatic carbocycles. The van der Waals surface area contributed by atoms with Crippen LogP contribution in [0.4, 0.5) is 10.1 Å². The minimum atomic E-state index is -0.457. The van der Waals surface area contributed by atoms with Gasteiger partial charge < -0.3 is 19.1 Å². The molecule has 1 saturated heterocycles. The van der Waals surface area contributed by atoms with Gasteiger partial charge >= 0.3 is 0 Å². The van der Waals surface area contributed by atoms with Crippen molar-refractivity contribution in [3.8, 4) is 5.75 Å². The Labute approximate surface area is 169 Å². The third-order valence-electron chi connectivity index (χ3n) is 6.12. The van der Waals surface area contributed by atoms with E-state index in [1.165, 1.54) is 13.2 Å². The van der Waals surface area contributed by atoms with Crippen LogP contribution >= 0.6 is 0 Å². The Hall–Kier alpha value is -2.57. The van der Waals surface area contributed by atoms with Crippen LogP contribution in [0.15, 0.2) is 16.9 Å². The van der Waals surface area contributed by atoms with Crippen molar-refractivity contribution in [1.82, 2.24) is 9.47 Å². The Balaban J connectivity index is 1.92. The maximum absolute atomic E-state index is 15.3. The lowest BCUT2D eigenvalue weighted by Crippen LogP contribution is -2.53. The summed E-state index contributed by atoms with van der Waals surface area (Å²) in [5.41, 5.74) is 1.86. The van der Waals surface area contributed by atoms with E-state index in [4.69, 9.17) is 4.74 Å². The molecule has 2 heterocycles. The van der Waals surface area contributed by atoms with Crippen LogP contribution in [0.25, 0.3) is 10.9 Å². The van der Waals surface area contributed by atoms with Gasteiger partial charge in [0.05, 0.1) is 18.0 Å². The molecule has 4 rings (SSSR count). The van der Waals surface area contributed by atoms with Crippen LogP contribution in [0.5, 0.6) is 5.75 Å². The normalized spacial score (nSPS) is 19.7. The minimum Gasteiger partial charge on any atom is -0.492 e. The number of benzene rings is 1. The molecule has 1 aromatic heterocycles. The summed E-state index contributed by atoms with van der Waals surface area (Å²) >= 11 is 0. The number of ether oxygens (including phenoxy) is 1. The molecule has 6 nitrogen and oxygen atoms in total. The second-order valence-corrected chi connectivity index (χ2v) is 8.10. The van der Waals surface area contributed by atoms with Gasteiger partial charge in [-0.05, 0) is 32.3 Å². The number of rotatable bonds is 4. The number of fused-ring (bicyclic) bond motifs is 1. The van der Waals surface area contributed by atoms with E-state index >= 15 is 4.39 Å². The number of pyridine rings is 1. The van der Waals surface area contributed by atoms with E-state index in [1.807, 2.05) is 18.7 Å². The number of carbonyl (C=O) groups is 1. The fourth-order valence-electron chi connectivity index (χ4n) is 4.61. The van der Waals surface area contributed by atoms with Gasteiger partial charge in [0.2, 0.25) is 5.91 Å². The average molecular weight is 401 g/mol. The molecule has 0 spiro atoms. The molecule has 1 atom stereocenters. The molecule has 0 N–H and O–H groups in total. The molecule has 29 heavy (non-hydrogen) atoms. The van der Waals surface area contributed by atoms with Crippen molar-refractivity contribution in [3.63, 3.8) is 0 Å². The van der Waals surface area contributed by atoms with Gasteiger partial charge in [0.1, 0.15) is 5.69 Å². The highest BCUT2D eigenvalue weighted by atomic mass is 19.1. The molecule has 2 aliphatic rings. The van der Waals surface area contributed by atoms with Gasteiger partial charge in [-0.25, -0.2) is 4.39 Å². The first-order valence-electron chi connectivity index (χ1n) is 10.3. The van der Waals surface area contributed by atoms with Gasteiger partial charge in [-0.3, -0.25) is 9.59 Å². The Morgan fingerprint density at radius 2 is 2.00 bits per heavy atom. The van der Waals surface area contributed by atoms with Crippen molar-refractivity contribution in [2.45, 2.75) is 52.1 Å². The van der Waals surface area contributed by atoms with Gasteiger partial charge in [0, 0.05) is 50.4 Å². The molecule has 2 fully saturated rings. The Bertz CT molecular complexity index is 1030. The molecule has 156 valence electrons. The van der Waals surface area contributed by atoms with Crippen LogP contribution in [-0.2, 0) is 11.2 Å². The Morgan fingerprint density at radius 3 is 2.55 bits per heavy atom. The number of hydrogen-bond acceptors (Lipinski definition) is 4. The van der Waals surface area contributed by atoms with Crippen LogP contribution in [0.2, 0.25) is 0 Å². The van der Waals surface area contributed by atoms with E-state index in [9.17, 15) is 9.59 Å². The molecule has 1 aliphatic carbocycles. The Morgan fingerprint density at radius 1 is 1.28 bits per heavy atom. The van der Waals surface area contributed by atoms with Gasteiger partial charge in [0.25, 0.3) is 0 Å². The number of aryl methyl sites for hydroxylation is 1. The van der Waals surface area contributed by atoms with E-state index in [2.05, 4.69) is 4.57 Å². The lowest BCUT2D eigenvalue weighted by atomic mass is 10.1. The zero-order valence-corrected chi connectivity index (χ0v) is 17.5. The highest BCUT2D eigenvalue weighted by Crippen LogP contribution is 2.44. The third kappa shape index (κ3) is 3.26. The predicted molar refractivity (Wildman–Crippen MR) is 111 cm³/mol. The predicted octanol–water partition coefficient (Wildman–Crippen LogP) is 3.10. The molecule has 2 aromatic rings. The highest BCUT2D eigenvalue weighted by Gasteiger charge is 2.33. The lowest BCUT2D eigenvalue weighted by Gasteiger charge is -2.41. The van der Waals surface area contributed by atoms with Crippen LogP contribution in [0.3, 0.4) is 0 Å². The number of anilines is 1. The number of hydrogen-bond donors (Lipinski definition) is 0. The molecule has 0 radical (unpaired) electrons. The van der Waals surface area contributed by atoms with E-state index in [0.29, 0.717) is 48.0 Å². The van der Waals surface area contributed by atoms with Gasteiger partial charge in [-0.1, -0.05) is 6.92 Å². The second-order valence-electron chi connectivity index (χ2n) is 8.10. The lowest BCUT2D eigenvalue weighted by molar-refractivity contribution is -0.131. The monoisotopic (exact) mass is 401 g/mol. The molecular formula is C22H28FN3O3. The van der Waals surface area contributed by atoms with Gasteiger partial charge in [-0.15, -0.1) is 0 Å². The number of amides is 1. The molecule has 7 heteroatoms. The minimum absolute atomic E-state index is 0.0262. The van der Waals surface area contributed by atoms with Crippen molar-refractivity contribution >= 4 is 22.5 Å². The number of carbonyl (C=O) groups excluding carboxylic acids is 1. The van der Waals surface area contributed by atoms with E-state index < -0.39 is 5.82 Å². The van der Waals surface area contributed by atoms with Crippen LogP contribution in [-0.4, -0.2) is 48.2 Å². The first kappa shape index (κ1) is 19.7. The number of nitrogens with zero attached hydrogens (tertiary/aromatic N) is 3. The molecule has 0 bridgehead atoms. The number of methoxy groups -OCH3 is 1. The third-order valence-corrected chi connectivity index (χ3v) is 6.12. The average Bonchev–Trinajstić information content (AvgIpc) is 3.51. The SMILES string of the molecule is CCc1cc(=O)c2cc(F)c(N3CCN(C(C)=O)C(C)C3)c(OC)c2n1C1CC1. The van der Waals surface area contributed by atoms with E-state index in [0.717, 1.165) is 25.0 Å². The molecule has 1 saturated carbocycles. The number of aromatic nitrogens is 1. The fourth-order valence-corrected chi connectivity index (χ4v) is 4.61. The van der Waals surface area contributed by atoms with Crippen molar-refractivity contribution < 1.29 is 13.9 Å². The van der Waals surface area contributed by atoms with Crippen molar-refractivity contribution in [3.05, 3.63) is 33.9 Å². The maximum atomic E-state index is 15.3. The smallest absolute Gasteiger partial charge is 0.219 e. The number of halogens is 1. The quantitative estimate of drug-likeness (QED) is 0.790. The fraction of sp³-hybridized carbons (Fsp3) is 0.545. The van der Waals surface area contributed by atoms with Crippen molar-refractivity contribution in [2.75, 3.05) is 31.6 Å². The summed E-state index contributed by atoms with van der Waals surface area (Å²) in [6.07, 6.45) is 2.83. The summed E-state index contributed by atoms with van der Waals surface area (Å²) in [6, 6.07) is 3.28. The largest absolute Gasteiger partial charge is 0.492 e. The van der Waals surface area contributed by atoms with Crippen LogP contribution < -0.4 is 15.1 Å². The van der Waals surface area contributed by atoms with E-state index in [-0.39, 0.29) is 17.4 Å². The summed E-state index contributed by atoms with van der Waals surface area (Å²) in [5.74, 6) is -0.0115.